The van der Waals surface area contributed by atoms with E-state index in [0.29, 0.717) is 6.08 Å². The third-order valence-corrected chi connectivity index (χ3v) is 1.70. The molecule has 0 bridgehead atoms. The van der Waals surface area contributed by atoms with Crippen molar-refractivity contribution in [1.29, 1.82) is 0 Å². The third kappa shape index (κ3) is 3.47. The van der Waals surface area contributed by atoms with E-state index >= 15 is 0 Å². The minimum absolute atomic E-state index is 0.383. The van der Waals surface area contributed by atoms with Crippen LogP contribution in [0.5, 0.6) is 5.75 Å². The molecular formula is C10H6F4O3. The van der Waals surface area contributed by atoms with Crippen molar-refractivity contribution >= 4 is 12.0 Å². The number of aliphatic carboxylic acids is 1. The molecule has 0 aliphatic rings. The van der Waals surface area contributed by atoms with Crippen LogP contribution in [-0.2, 0) is 4.79 Å². The van der Waals surface area contributed by atoms with Crippen LogP contribution in [0.1, 0.15) is 5.56 Å². The smallest absolute Gasteiger partial charge is 0.387 e. The maximum Gasteiger partial charge on any atom is 0.387 e. The second-order valence-corrected chi connectivity index (χ2v) is 2.83. The molecule has 0 aliphatic carbocycles. The Morgan fingerprint density at radius 1 is 1.29 bits per heavy atom. The van der Waals surface area contributed by atoms with Gasteiger partial charge in [0.25, 0.3) is 0 Å². The first-order valence-electron chi connectivity index (χ1n) is 4.25. The number of alkyl halides is 2. The van der Waals surface area contributed by atoms with E-state index in [1.54, 1.807) is 0 Å². The van der Waals surface area contributed by atoms with Crippen molar-refractivity contribution in [3.8, 4) is 5.75 Å². The van der Waals surface area contributed by atoms with Gasteiger partial charge in [0.1, 0.15) is 0 Å². The predicted octanol–water partition coefficient (Wildman–Crippen LogP) is 2.66. The number of halogens is 4. The molecule has 3 nitrogen and oxygen atoms in total. The van der Waals surface area contributed by atoms with E-state index < -0.39 is 30.0 Å². The average Bonchev–Trinajstić information content (AvgIpc) is 2.23. The van der Waals surface area contributed by atoms with Gasteiger partial charge in [0.05, 0.1) is 0 Å². The maximum atomic E-state index is 13.2. The molecule has 0 aliphatic heterocycles. The van der Waals surface area contributed by atoms with E-state index in [4.69, 9.17) is 5.11 Å². The molecule has 7 heteroatoms. The van der Waals surface area contributed by atoms with Gasteiger partial charge in [-0.1, -0.05) is 0 Å². The van der Waals surface area contributed by atoms with E-state index in [0.717, 1.165) is 18.2 Å². The fourth-order valence-electron chi connectivity index (χ4n) is 1.02. The van der Waals surface area contributed by atoms with Crippen LogP contribution in [0, 0.1) is 11.6 Å². The van der Waals surface area contributed by atoms with Gasteiger partial charge in [0.2, 0.25) is 5.82 Å². The SMILES string of the molecule is O=C(O)/C=C/c1ccc(OC(F)F)c(F)c1F. The molecule has 1 aromatic rings. The van der Waals surface area contributed by atoms with Gasteiger partial charge >= 0.3 is 12.6 Å². The minimum Gasteiger partial charge on any atom is -0.478 e. The summed E-state index contributed by atoms with van der Waals surface area (Å²) >= 11 is 0. The molecule has 92 valence electrons. The van der Waals surface area contributed by atoms with E-state index in [1.165, 1.54) is 0 Å². The summed E-state index contributed by atoms with van der Waals surface area (Å²) in [5.41, 5.74) is -0.383. The summed E-state index contributed by atoms with van der Waals surface area (Å²) in [4.78, 5) is 10.2. The Hall–Kier alpha value is -2.05. The second-order valence-electron chi connectivity index (χ2n) is 2.83. The summed E-state index contributed by atoms with van der Waals surface area (Å²) in [6, 6.07) is 1.71. The number of carboxylic acids is 1. The Morgan fingerprint density at radius 2 is 1.94 bits per heavy atom. The predicted molar refractivity (Wildman–Crippen MR) is 49.7 cm³/mol. The highest BCUT2D eigenvalue weighted by Gasteiger charge is 2.16. The Morgan fingerprint density at radius 3 is 2.47 bits per heavy atom. The van der Waals surface area contributed by atoms with E-state index in [1.807, 2.05) is 0 Å². The van der Waals surface area contributed by atoms with Crippen LogP contribution in [0.2, 0.25) is 0 Å². The van der Waals surface area contributed by atoms with Gasteiger partial charge < -0.3 is 9.84 Å². The van der Waals surface area contributed by atoms with Crippen LogP contribution >= 0.6 is 0 Å². The monoisotopic (exact) mass is 250 g/mol. The zero-order valence-electron chi connectivity index (χ0n) is 8.16. The van der Waals surface area contributed by atoms with Gasteiger partial charge in [-0.25, -0.2) is 9.18 Å². The zero-order chi connectivity index (χ0) is 13.0. The largest absolute Gasteiger partial charge is 0.478 e. The number of rotatable bonds is 4. The van der Waals surface area contributed by atoms with Crippen LogP contribution in [0.15, 0.2) is 18.2 Å². The summed E-state index contributed by atoms with van der Waals surface area (Å²) in [5, 5.41) is 8.28. The Bertz CT molecular complexity index is 457. The first kappa shape index (κ1) is 13.0. The molecule has 0 aromatic heterocycles. The first-order valence-corrected chi connectivity index (χ1v) is 4.25. The van der Waals surface area contributed by atoms with Crippen LogP contribution in [-0.4, -0.2) is 17.7 Å². The lowest BCUT2D eigenvalue weighted by Crippen LogP contribution is -2.05. The van der Waals surface area contributed by atoms with E-state index in [-0.39, 0.29) is 5.56 Å². The van der Waals surface area contributed by atoms with Crippen LogP contribution in [0.3, 0.4) is 0 Å². The first-order chi connectivity index (χ1) is 7.91. The molecule has 0 amide bonds. The fourth-order valence-corrected chi connectivity index (χ4v) is 1.02. The van der Waals surface area contributed by atoms with Crippen molar-refractivity contribution in [2.24, 2.45) is 0 Å². The van der Waals surface area contributed by atoms with Crippen LogP contribution in [0.25, 0.3) is 6.08 Å². The molecule has 0 spiro atoms. The Labute approximate surface area is 92.9 Å². The van der Waals surface area contributed by atoms with Crippen molar-refractivity contribution in [1.82, 2.24) is 0 Å². The number of hydrogen-bond donors (Lipinski definition) is 1. The molecule has 0 saturated carbocycles. The maximum absolute atomic E-state index is 13.2. The number of carboxylic acid groups (broad SMARTS) is 1. The van der Waals surface area contributed by atoms with Gasteiger partial charge in [-0.15, -0.1) is 0 Å². The Balaban J connectivity index is 3.06. The lowest BCUT2D eigenvalue weighted by molar-refractivity contribution is -0.131. The van der Waals surface area contributed by atoms with Gasteiger partial charge in [-0.3, -0.25) is 0 Å². The molecule has 0 unspecified atom stereocenters. The van der Waals surface area contributed by atoms with Crippen molar-refractivity contribution in [2.45, 2.75) is 6.61 Å². The van der Waals surface area contributed by atoms with Crippen molar-refractivity contribution < 1.29 is 32.2 Å². The molecule has 1 rings (SSSR count). The van der Waals surface area contributed by atoms with Crippen LogP contribution in [0.4, 0.5) is 17.6 Å². The molecule has 1 aromatic carbocycles. The van der Waals surface area contributed by atoms with E-state index in [2.05, 4.69) is 4.74 Å². The van der Waals surface area contributed by atoms with Crippen LogP contribution < -0.4 is 4.74 Å². The molecule has 0 fully saturated rings. The number of ether oxygens (including phenoxy) is 1. The number of hydrogen-bond acceptors (Lipinski definition) is 2. The summed E-state index contributed by atoms with van der Waals surface area (Å²) in [6.45, 7) is -3.27. The third-order valence-electron chi connectivity index (χ3n) is 1.70. The molecule has 0 atom stereocenters. The highest BCUT2D eigenvalue weighted by Crippen LogP contribution is 2.24. The molecular weight excluding hydrogens is 244 g/mol. The summed E-state index contributed by atoms with van der Waals surface area (Å²) in [7, 11) is 0. The lowest BCUT2D eigenvalue weighted by atomic mass is 10.2. The summed E-state index contributed by atoms with van der Waals surface area (Å²) in [5.74, 6) is -5.35. The quantitative estimate of drug-likeness (QED) is 0.660. The van der Waals surface area contributed by atoms with E-state index in [9.17, 15) is 22.4 Å². The number of benzene rings is 1. The molecule has 0 saturated heterocycles. The lowest BCUT2D eigenvalue weighted by Gasteiger charge is -2.07. The Kier molecular flexibility index (Phi) is 4.08. The summed E-state index contributed by atoms with van der Waals surface area (Å²) < 4.78 is 53.6. The van der Waals surface area contributed by atoms with Crippen molar-refractivity contribution in [2.75, 3.05) is 0 Å². The highest BCUT2D eigenvalue weighted by atomic mass is 19.3. The molecule has 0 heterocycles. The fraction of sp³-hybridized carbons (Fsp3) is 0.100. The number of carbonyl (C=O) groups is 1. The standard InChI is InChI=1S/C10H6F4O3/c11-8-5(2-4-7(15)16)1-3-6(9(8)12)17-10(13)14/h1-4,10H,(H,15,16)/b4-2+. The second kappa shape index (κ2) is 5.33. The zero-order valence-corrected chi connectivity index (χ0v) is 8.16. The van der Waals surface area contributed by atoms with Crippen molar-refractivity contribution in [3.05, 3.63) is 35.4 Å². The molecule has 1 N–H and O–H groups in total. The average molecular weight is 250 g/mol. The van der Waals surface area contributed by atoms with Gasteiger partial charge in [0, 0.05) is 11.6 Å². The summed E-state index contributed by atoms with van der Waals surface area (Å²) in [6.07, 6.45) is 1.39. The van der Waals surface area contributed by atoms with Gasteiger partial charge in [0.15, 0.2) is 11.6 Å². The topological polar surface area (TPSA) is 46.5 Å². The minimum atomic E-state index is -3.27. The van der Waals surface area contributed by atoms with Crippen molar-refractivity contribution in [3.63, 3.8) is 0 Å². The highest BCUT2D eigenvalue weighted by molar-refractivity contribution is 5.85. The molecule has 17 heavy (non-hydrogen) atoms. The molecule has 0 radical (unpaired) electrons. The normalized spacial score (nSPS) is 11.1. The van der Waals surface area contributed by atoms with Gasteiger partial charge in [-0.2, -0.15) is 13.2 Å². The van der Waals surface area contributed by atoms with Gasteiger partial charge in [-0.05, 0) is 18.2 Å².